The number of aromatic nitrogens is 3. The maximum absolute atomic E-state index is 13.4. The molecule has 2 aromatic heterocycles. The molecule has 0 spiro atoms. The normalized spacial score (nSPS) is 14.3. The topological polar surface area (TPSA) is 64.8 Å². The number of benzene rings is 2. The molecule has 0 unspecified atom stereocenters. The summed E-state index contributed by atoms with van der Waals surface area (Å²) in [5.74, 6) is 0.297. The van der Waals surface area contributed by atoms with Crippen LogP contribution in [0.2, 0.25) is 5.02 Å². The predicted molar refractivity (Wildman–Crippen MR) is 111 cm³/mol. The fourth-order valence-corrected chi connectivity index (χ4v) is 4.03. The molecule has 2 N–H and O–H groups in total. The molecule has 0 aliphatic carbocycles. The van der Waals surface area contributed by atoms with Crippen LogP contribution in [0.4, 0.5) is 4.39 Å². The standard InChI is InChI=1S/C22H18ClFN4O/c23-15-3-1-13(2-4-15)21-26-20-12-28(8-7-18(20)22(29)27-21)11-14-10-25-19-9-16(24)5-6-17(14)19/h1-6,9-10,25H,7-8,11-12H2,(H,26,27,29). The first-order chi connectivity index (χ1) is 14.1. The fraction of sp³-hybridized carbons (Fsp3) is 0.182. The number of fused-ring (bicyclic) bond motifs is 2. The fourth-order valence-electron chi connectivity index (χ4n) is 3.90. The highest BCUT2D eigenvalue weighted by atomic mass is 35.5. The Morgan fingerprint density at radius 3 is 2.83 bits per heavy atom. The highest BCUT2D eigenvalue weighted by Gasteiger charge is 2.22. The van der Waals surface area contributed by atoms with Gasteiger partial charge in [0.25, 0.3) is 5.56 Å². The Morgan fingerprint density at radius 1 is 1.17 bits per heavy atom. The van der Waals surface area contributed by atoms with E-state index in [1.165, 1.54) is 12.1 Å². The van der Waals surface area contributed by atoms with E-state index in [2.05, 4.69) is 14.9 Å². The lowest BCUT2D eigenvalue weighted by atomic mass is 10.0. The number of halogens is 2. The van der Waals surface area contributed by atoms with Crippen molar-refractivity contribution in [3.63, 3.8) is 0 Å². The number of H-pyrrole nitrogens is 2. The van der Waals surface area contributed by atoms with Crippen LogP contribution in [-0.2, 0) is 19.5 Å². The van der Waals surface area contributed by atoms with Gasteiger partial charge in [-0.05, 0) is 54.4 Å². The second-order valence-electron chi connectivity index (χ2n) is 7.31. The molecule has 4 aromatic rings. The number of hydrogen-bond donors (Lipinski definition) is 2. The van der Waals surface area contributed by atoms with E-state index in [0.29, 0.717) is 30.4 Å². The summed E-state index contributed by atoms with van der Waals surface area (Å²) in [7, 11) is 0. The first-order valence-corrected chi connectivity index (χ1v) is 9.80. The third kappa shape index (κ3) is 3.45. The average Bonchev–Trinajstić information content (AvgIpc) is 3.10. The average molecular weight is 409 g/mol. The summed E-state index contributed by atoms with van der Waals surface area (Å²) < 4.78 is 13.4. The lowest BCUT2D eigenvalue weighted by Crippen LogP contribution is -2.35. The molecule has 0 bridgehead atoms. The Labute approximate surface area is 171 Å². The summed E-state index contributed by atoms with van der Waals surface area (Å²) in [5, 5.41) is 1.65. The zero-order chi connectivity index (χ0) is 20.0. The lowest BCUT2D eigenvalue weighted by Gasteiger charge is -2.27. The van der Waals surface area contributed by atoms with Crippen molar-refractivity contribution < 1.29 is 4.39 Å². The van der Waals surface area contributed by atoms with Gasteiger partial charge in [-0.2, -0.15) is 0 Å². The summed E-state index contributed by atoms with van der Waals surface area (Å²) in [5.41, 5.74) is 4.19. The summed E-state index contributed by atoms with van der Waals surface area (Å²) >= 11 is 5.96. The molecule has 0 saturated carbocycles. The van der Waals surface area contributed by atoms with Crippen LogP contribution in [0, 0.1) is 5.82 Å². The Bertz CT molecular complexity index is 1260. The minimum absolute atomic E-state index is 0.0813. The SMILES string of the molecule is O=c1[nH]c(-c2ccc(Cl)cc2)nc2c1CCN(Cc1c[nH]c3cc(F)ccc13)C2. The Kier molecular flexibility index (Phi) is 4.45. The van der Waals surface area contributed by atoms with Crippen LogP contribution in [0.5, 0.6) is 0 Å². The van der Waals surface area contributed by atoms with Crippen LogP contribution in [0.25, 0.3) is 22.3 Å². The van der Waals surface area contributed by atoms with Crippen LogP contribution in [0.3, 0.4) is 0 Å². The van der Waals surface area contributed by atoms with E-state index in [1.54, 1.807) is 18.2 Å². The summed E-state index contributed by atoms with van der Waals surface area (Å²) in [6.45, 7) is 2.06. The van der Waals surface area contributed by atoms with E-state index >= 15 is 0 Å². The third-order valence-corrected chi connectivity index (χ3v) is 5.65. The monoisotopic (exact) mass is 408 g/mol. The lowest BCUT2D eigenvalue weighted by molar-refractivity contribution is 0.241. The van der Waals surface area contributed by atoms with E-state index in [0.717, 1.165) is 39.8 Å². The molecule has 29 heavy (non-hydrogen) atoms. The van der Waals surface area contributed by atoms with Gasteiger partial charge in [0, 0.05) is 52.9 Å². The van der Waals surface area contributed by atoms with Crippen molar-refractivity contribution in [2.45, 2.75) is 19.5 Å². The van der Waals surface area contributed by atoms with Crippen molar-refractivity contribution in [3.05, 3.63) is 86.7 Å². The maximum Gasteiger partial charge on any atom is 0.254 e. The van der Waals surface area contributed by atoms with Crippen molar-refractivity contribution >= 4 is 22.5 Å². The Balaban J connectivity index is 1.43. The number of nitrogens with one attached hydrogen (secondary N) is 2. The van der Waals surface area contributed by atoms with Crippen LogP contribution in [0.15, 0.2) is 53.5 Å². The Morgan fingerprint density at radius 2 is 2.00 bits per heavy atom. The van der Waals surface area contributed by atoms with Crippen molar-refractivity contribution in [2.75, 3.05) is 6.54 Å². The maximum atomic E-state index is 13.4. The molecule has 2 aromatic carbocycles. The first kappa shape index (κ1) is 18.1. The number of rotatable bonds is 3. The molecule has 0 amide bonds. The molecule has 5 rings (SSSR count). The summed E-state index contributed by atoms with van der Waals surface area (Å²) in [6.07, 6.45) is 2.57. The van der Waals surface area contributed by atoms with E-state index in [4.69, 9.17) is 16.6 Å². The van der Waals surface area contributed by atoms with Gasteiger partial charge in [-0.15, -0.1) is 0 Å². The van der Waals surface area contributed by atoms with Crippen LogP contribution in [-0.4, -0.2) is 26.4 Å². The van der Waals surface area contributed by atoms with E-state index < -0.39 is 0 Å². The zero-order valence-corrected chi connectivity index (χ0v) is 16.3. The summed E-state index contributed by atoms with van der Waals surface area (Å²) in [6, 6.07) is 12.0. The number of aromatic amines is 2. The minimum Gasteiger partial charge on any atom is -0.361 e. The first-order valence-electron chi connectivity index (χ1n) is 9.43. The largest absolute Gasteiger partial charge is 0.361 e. The number of nitrogens with zero attached hydrogens (tertiary/aromatic N) is 2. The highest BCUT2D eigenvalue weighted by molar-refractivity contribution is 6.30. The molecule has 7 heteroatoms. The smallest absolute Gasteiger partial charge is 0.254 e. The van der Waals surface area contributed by atoms with Gasteiger partial charge in [0.1, 0.15) is 11.6 Å². The molecular weight excluding hydrogens is 391 g/mol. The van der Waals surface area contributed by atoms with Crippen LogP contribution < -0.4 is 5.56 Å². The van der Waals surface area contributed by atoms with Crippen molar-refractivity contribution in [2.24, 2.45) is 0 Å². The van der Waals surface area contributed by atoms with Crippen LogP contribution >= 0.6 is 11.6 Å². The molecule has 0 fully saturated rings. The van der Waals surface area contributed by atoms with E-state index in [9.17, 15) is 9.18 Å². The van der Waals surface area contributed by atoms with Gasteiger partial charge >= 0.3 is 0 Å². The predicted octanol–water partition coefficient (Wildman–Crippen LogP) is 4.27. The third-order valence-electron chi connectivity index (χ3n) is 5.39. The molecule has 0 saturated heterocycles. The highest BCUT2D eigenvalue weighted by Crippen LogP contribution is 2.24. The molecule has 146 valence electrons. The second-order valence-corrected chi connectivity index (χ2v) is 7.75. The Hall–Kier alpha value is -2.96. The minimum atomic E-state index is -0.254. The van der Waals surface area contributed by atoms with Crippen molar-refractivity contribution in [3.8, 4) is 11.4 Å². The molecule has 1 aliphatic heterocycles. The number of hydrogen-bond acceptors (Lipinski definition) is 3. The van der Waals surface area contributed by atoms with Gasteiger partial charge in [-0.25, -0.2) is 9.37 Å². The molecule has 0 atom stereocenters. The molecular formula is C22H18ClFN4O. The van der Waals surface area contributed by atoms with Crippen molar-refractivity contribution in [1.82, 2.24) is 19.9 Å². The van der Waals surface area contributed by atoms with Crippen LogP contribution in [0.1, 0.15) is 16.8 Å². The summed E-state index contributed by atoms with van der Waals surface area (Å²) in [4.78, 5) is 25.6. The van der Waals surface area contributed by atoms with Gasteiger partial charge in [0.15, 0.2) is 0 Å². The van der Waals surface area contributed by atoms with Gasteiger partial charge in [0.05, 0.1) is 5.69 Å². The van der Waals surface area contributed by atoms with Gasteiger partial charge in [-0.3, -0.25) is 9.69 Å². The van der Waals surface area contributed by atoms with Gasteiger partial charge < -0.3 is 9.97 Å². The van der Waals surface area contributed by atoms with E-state index in [-0.39, 0.29) is 11.4 Å². The molecule has 0 radical (unpaired) electrons. The van der Waals surface area contributed by atoms with Gasteiger partial charge in [-0.1, -0.05) is 11.6 Å². The molecule has 5 nitrogen and oxygen atoms in total. The van der Waals surface area contributed by atoms with Gasteiger partial charge in [0.2, 0.25) is 0 Å². The quantitative estimate of drug-likeness (QED) is 0.532. The zero-order valence-electron chi connectivity index (χ0n) is 15.5. The molecule has 1 aliphatic rings. The van der Waals surface area contributed by atoms with E-state index in [1.807, 2.05) is 18.3 Å². The molecule has 3 heterocycles. The second kappa shape index (κ2) is 7.13. The van der Waals surface area contributed by atoms with Crippen molar-refractivity contribution in [1.29, 1.82) is 0 Å².